The molecule has 1 aliphatic heterocycles. The molecule has 7 heteroatoms. The summed E-state index contributed by atoms with van der Waals surface area (Å²) >= 11 is 0. The maximum Gasteiger partial charge on any atom is 0.494 e. The fourth-order valence-corrected chi connectivity index (χ4v) is 2.19. The van der Waals surface area contributed by atoms with Gasteiger partial charge < -0.3 is 24.5 Å². The molecule has 1 aromatic rings. The molecule has 0 atom stereocenters. The fourth-order valence-electron chi connectivity index (χ4n) is 2.19. The number of benzene rings is 1. The number of ether oxygens (including phenoxy) is 1. The molecule has 0 spiro atoms. The lowest BCUT2D eigenvalue weighted by atomic mass is 9.79. The van der Waals surface area contributed by atoms with Gasteiger partial charge in [-0.25, -0.2) is 4.79 Å². The second-order valence-corrected chi connectivity index (χ2v) is 6.59. The third kappa shape index (κ3) is 4.39. The summed E-state index contributed by atoms with van der Waals surface area (Å²) in [5.41, 5.74) is 0.151. The second kappa shape index (κ2) is 6.80. The van der Waals surface area contributed by atoms with Crippen molar-refractivity contribution in [3.8, 4) is 5.75 Å². The molecule has 0 radical (unpaired) electrons. The third-order valence-electron chi connectivity index (χ3n) is 4.25. The van der Waals surface area contributed by atoms with Crippen molar-refractivity contribution in [2.45, 2.75) is 45.3 Å². The molecule has 1 fully saturated rings. The van der Waals surface area contributed by atoms with Crippen LogP contribution in [0, 0.1) is 0 Å². The molecule has 0 unspecified atom stereocenters. The number of hydrogen-bond acceptors (Lipinski definition) is 4. The van der Waals surface area contributed by atoms with E-state index in [2.05, 4.69) is 5.32 Å². The molecular weight excluding hydrogens is 297 g/mol. The Morgan fingerprint density at radius 2 is 1.91 bits per heavy atom. The lowest BCUT2D eigenvalue weighted by molar-refractivity contribution is 0.00578. The van der Waals surface area contributed by atoms with Crippen molar-refractivity contribution in [2.75, 3.05) is 13.2 Å². The van der Waals surface area contributed by atoms with Gasteiger partial charge in [0, 0.05) is 6.54 Å². The average molecular weight is 321 g/mol. The van der Waals surface area contributed by atoms with Crippen LogP contribution in [-0.4, -0.2) is 42.7 Å². The van der Waals surface area contributed by atoms with Crippen LogP contribution in [0.25, 0.3) is 0 Å². The molecule has 2 N–H and O–H groups in total. The Kier molecular flexibility index (Phi) is 5.21. The van der Waals surface area contributed by atoms with Crippen molar-refractivity contribution in [1.29, 1.82) is 0 Å². The molecule has 2 rings (SSSR count). The van der Waals surface area contributed by atoms with Crippen LogP contribution in [0.5, 0.6) is 5.75 Å². The average Bonchev–Trinajstić information content (AvgIpc) is 2.67. The highest BCUT2D eigenvalue weighted by Crippen LogP contribution is 2.36. The summed E-state index contributed by atoms with van der Waals surface area (Å²) in [6, 6.07) is 7.60. The zero-order chi connectivity index (χ0) is 17.1. The van der Waals surface area contributed by atoms with Crippen LogP contribution in [0.2, 0.25) is 0 Å². The SMILES string of the molecule is CC1(C)OB(c2cccc(OCCCNC(=O)O)c2)OC1(C)C. The molecule has 1 saturated heterocycles. The maximum absolute atomic E-state index is 10.3. The minimum absolute atomic E-state index is 0.367. The van der Waals surface area contributed by atoms with E-state index in [-0.39, 0.29) is 11.2 Å². The molecule has 1 heterocycles. The largest absolute Gasteiger partial charge is 0.494 e. The number of hydrogen-bond donors (Lipinski definition) is 2. The molecule has 126 valence electrons. The molecular formula is C16H24BNO5. The predicted octanol–water partition coefficient (Wildman–Crippen LogP) is 2.02. The van der Waals surface area contributed by atoms with E-state index in [0.717, 1.165) is 5.46 Å². The first kappa shape index (κ1) is 17.6. The minimum Gasteiger partial charge on any atom is -0.494 e. The first-order chi connectivity index (χ1) is 10.7. The topological polar surface area (TPSA) is 77.0 Å². The second-order valence-electron chi connectivity index (χ2n) is 6.59. The zero-order valence-corrected chi connectivity index (χ0v) is 14.1. The van der Waals surface area contributed by atoms with Crippen molar-refractivity contribution in [3.63, 3.8) is 0 Å². The Balaban J connectivity index is 1.92. The van der Waals surface area contributed by atoms with E-state index in [1.54, 1.807) is 0 Å². The number of amides is 1. The summed E-state index contributed by atoms with van der Waals surface area (Å²) in [4.78, 5) is 10.3. The number of carbonyl (C=O) groups is 1. The predicted molar refractivity (Wildman–Crippen MR) is 88.3 cm³/mol. The summed E-state index contributed by atoms with van der Waals surface area (Å²) in [6.45, 7) is 8.87. The van der Waals surface area contributed by atoms with Crippen LogP contribution in [-0.2, 0) is 9.31 Å². The van der Waals surface area contributed by atoms with Crippen LogP contribution in [0.1, 0.15) is 34.1 Å². The summed E-state index contributed by atoms with van der Waals surface area (Å²) in [5, 5.41) is 10.8. The standard InChI is InChI=1S/C16H24BNO5/c1-15(2)16(3,4)23-17(22-15)12-7-5-8-13(11-12)21-10-6-9-18-14(19)20/h5,7-8,11,18H,6,9-10H2,1-4H3,(H,19,20). The van der Waals surface area contributed by atoms with E-state index in [1.807, 2.05) is 52.0 Å². The quantitative estimate of drug-likeness (QED) is 0.619. The zero-order valence-electron chi connectivity index (χ0n) is 14.1. The van der Waals surface area contributed by atoms with Crippen LogP contribution >= 0.6 is 0 Å². The Morgan fingerprint density at radius 1 is 1.26 bits per heavy atom. The summed E-state index contributed by atoms with van der Waals surface area (Å²) in [7, 11) is -0.419. The van der Waals surface area contributed by atoms with Gasteiger partial charge >= 0.3 is 13.2 Å². The van der Waals surface area contributed by atoms with E-state index in [1.165, 1.54) is 0 Å². The van der Waals surface area contributed by atoms with Gasteiger partial charge in [-0.15, -0.1) is 0 Å². The van der Waals surface area contributed by atoms with E-state index in [0.29, 0.717) is 25.3 Å². The highest BCUT2D eigenvalue weighted by atomic mass is 16.7. The third-order valence-corrected chi connectivity index (χ3v) is 4.25. The normalized spacial score (nSPS) is 18.7. The van der Waals surface area contributed by atoms with E-state index < -0.39 is 13.2 Å². The molecule has 6 nitrogen and oxygen atoms in total. The minimum atomic E-state index is -1.02. The van der Waals surface area contributed by atoms with Gasteiger partial charge in [-0.2, -0.15) is 0 Å². The molecule has 1 aliphatic rings. The van der Waals surface area contributed by atoms with Crippen LogP contribution in [0.15, 0.2) is 24.3 Å². The lowest BCUT2D eigenvalue weighted by Gasteiger charge is -2.32. The van der Waals surface area contributed by atoms with Crippen LogP contribution in [0.3, 0.4) is 0 Å². The van der Waals surface area contributed by atoms with Crippen LogP contribution in [0.4, 0.5) is 4.79 Å². The van der Waals surface area contributed by atoms with E-state index in [4.69, 9.17) is 19.2 Å². The lowest BCUT2D eigenvalue weighted by Crippen LogP contribution is -2.41. The van der Waals surface area contributed by atoms with Gasteiger partial charge in [-0.05, 0) is 51.7 Å². The van der Waals surface area contributed by atoms with Gasteiger partial charge in [0.2, 0.25) is 0 Å². The molecule has 23 heavy (non-hydrogen) atoms. The van der Waals surface area contributed by atoms with Gasteiger partial charge in [-0.3, -0.25) is 0 Å². The molecule has 0 saturated carbocycles. The van der Waals surface area contributed by atoms with Crippen molar-refractivity contribution in [3.05, 3.63) is 24.3 Å². The van der Waals surface area contributed by atoms with Gasteiger partial charge in [-0.1, -0.05) is 12.1 Å². The molecule has 0 aliphatic carbocycles. The van der Waals surface area contributed by atoms with Crippen molar-refractivity contribution in [2.24, 2.45) is 0 Å². The van der Waals surface area contributed by atoms with Crippen LogP contribution < -0.4 is 15.5 Å². The smallest absolute Gasteiger partial charge is 0.494 e. The molecule has 1 aromatic carbocycles. The highest BCUT2D eigenvalue weighted by molar-refractivity contribution is 6.62. The fraction of sp³-hybridized carbons (Fsp3) is 0.562. The highest BCUT2D eigenvalue weighted by Gasteiger charge is 2.51. The molecule has 0 aromatic heterocycles. The number of carboxylic acid groups (broad SMARTS) is 1. The van der Waals surface area contributed by atoms with E-state index in [9.17, 15) is 4.79 Å². The first-order valence-corrected chi connectivity index (χ1v) is 7.76. The summed E-state index contributed by atoms with van der Waals surface area (Å²) < 4.78 is 17.7. The maximum atomic E-state index is 10.3. The Bertz CT molecular complexity index is 545. The Hall–Kier alpha value is -1.73. The number of rotatable bonds is 6. The van der Waals surface area contributed by atoms with Gasteiger partial charge in [0.1, 0.15) is 5.75 Å². The Labute approximate surface area is 137 Å². The van der Waals surface area contributed by atoms with E-state index >= 15 is 0 Å². The van der Waals surface area contributed by atoms with Crippen molar-refractivity contribution >= 4 is 18.7 Å². The summed E-state index contributed by atoms with van der Waals surface area (Å²) in [6.07, 6.45) is -0.416. The van der Waals surface area contributed by atoms with Gasteiger partial charge in [0.15, 0.2) is 0 Å². The van der Waals surface area contributed by atoms with Crippen molar-refractivity contribution in [1.82, 2.24) is 5.32 Å². The molecule has 1 amide bonds. The van der Waals surface area contributed by atoms with Gasteiger partial charge in [0.25, 0.3) is 0 Å². The van der Waals surface area contributed by atoms with Gasteiger partial charge in [0.05, 0.1) is 17.8 Å². The Morgan fingerprint density at radius 3 is 2.52 bits per heavy atom. The van der Waals surface area contributed by atoms with Crippen molar-refractivity contribution < 1.29 is 23.9 Å². The summed E-state index contributed by atoms with van der Waals surface area (Å²) in [5.74, 6) is 0.715. The molecule has 0 bridgehead atoms. The monoisotopic (exact) mass is 321 g/mol. The first-order valence-electron chi connectivity index (χ1n) is 7.76. The number of nitrogens with one attached hydrogen (secondary N) is 1.